The summed E-state index contributed by atoms with van der Waals surface area (Å²) in [5.74, 6) is -7.09. The normalized spacial score (nSPS) is 28.3. The number of amidine groups is 1. The lowest BCUT2D eigenvalue weighted by molar-refractivity contribution is -0.345. The number of nitrogens with one attached hydrogen (secondary N) is 1. The van der Waals surface area contributed by atoms with E-state index in [1.54, 1.807) is 18.2 Å². The van der Waals surface area contributed by atoms with Gasteiger partial charge in [0, 0.05) is 53.4 Å². The Morgan fingerprint density at radius 1 is 0.695 bits per heavy atom. The van der Waals surface area contributed by atoms with Crippen molar-refractivity contribution in [3.63, 3.8) is 0 Å². The first-order valence-corrected chi connectivity index (χ1v) is 18.7. The number of rotatable bonds is 14. The minimum atomic E-state index is -1.83. The quantitative estimate of drug-likeness (QED) is 0.195. The molecule has 3 aliphatic rings. The molecule has 1 aromatic carbocycles. The highest BCUT2D eigenvalue weighted by molar-refractivity contribution is 8.17. The maximum absolute atomic E-state index is 12.7. The third kappa shape index (κ3) is 13.5. The Kier molecular flexibility index (Phi) is 16.3. The van der Waals surface area contributed by atoms with Crippen molar-refractivity contribution in [2.24, 2.45) is 4.99 Å². The molecule has 21 nitrogen and oxygen atoms in total. The molecular weight excluding hydrogens is 808 g/mol. The van der Waals surface area contributed by atoms with Crippen LogP contribution in [0.5, 0.6) is 0 Å². The molecule has 10 atom stereocenters. The van der Waals surface area contributed by atoms with Gasteiger partial charge < -0.3 is 57.8 Å². The van der Waals surface area contributed by atoms with Gasteiger partial charge in [-0.1, -0.05) is 23.9 Å². The van der Waals surface area contributed by atoms with E-state index >= 15 is 0 Å². The fraction of sp³-hybridized carbons (Fsp3) is 0.541. The molecule has 3 heterocycles. The largest absolute Gasteiger partial charge is 0.478 e. The van der Waals surface area contributed by atoms with Crippen LogP contribution >= 0.6 is 11.8 Å². The molecule has 1 aromatic rings. The second-order valence-corrected chi connectivity index (χ2v) is 14.2. The molecule has 322 valence electrons. The average Bonchev–Trinajstić information content (AvgIpc) is 3.56. The lowest BCUT2D eigenvalue weighted by Crippen LogP contribution is -2.68. The lowest BCUT2D eigenvalue weighted by atomic mass is 9.95. The smallest absolute Gasteiger partial charge is 0.335 e. The molecule has 2 N–H and O–H groups in total. The van der Waals surface area contributed by atoms with Crippen LogP contribution in [0.25, 0.3) is 6.08 Å². The number of carboxylic acids is 1. The van der Waals surface area contributed by atoms with Crippen LogP contribution in [0, 0.1) is 0 Å². The Morgan fingerprint density at radius 2 is 1.20 bits per heavy atom. The van der Waals surface area contributed by atoms with Crippen molar-refractivity contribution >= 4 is 70.8 Å². The van der Waals surface area contributed by atoms with Crippen LogP contribution in [0.3, 0.4) is 0 Å². The molecule has 0 amide bonds. The third-order valence-corrected chi connectivity index (χ3v) is 9.21. The fourth-order valence-corrected chi connectivity index (χ4v) is 7.06. The van der Waals surface area contributed by atoms with Crippen molar-refractivity contribution in [3.05, 3.63) is 40.3 Å². The van der Waals surface area contributed by atoms with E-state index in [4.69, 9.17) is 47.4 Å². The Morgan fingerprint density at radius 3 is 1.75 bits per heavy atom. The van der Waals surface area contributed by atoms with Gasteiger partial charge in [0.1, 0.15) is 31.5 Å². The molecule has 0 bridgehead atoms. The van der Waals surface area contributed by atoms with Gasteiger partial charge >= 0.3 is 47.8 Å². The topological polar surface area (TPSA) is 273 Å². The van der Waals surface area contributed by atoms with Gasteiger partial charge in [0.05, 0.1) is 12.1 Å². The van der Waals surface area contributed by atoms with Crippen molar-refractivity contribution in [3.8, 4) is 0 Å². The van der Waals surface area contributed by atoms with E-state index in [9.17, 15) is 43.5 Å². The Bertz CT molecular complexity index is 1850. The Hall–Kier alpha value is -5.58. The number of aromatic carboxylic acids is 1. The highest BCUT2D eigenvalue weighted by atomic mass is 32.2. The number of thioether (sulfide) groups is 1. The second-order valence-electron chi connectivity index (χ2n) is 13.1. The number of aliphatic imine (C=N–C) groups is 1. The number of hydrogen-bond donors (Lipinski definition) is 2. The minimum absolute atomic E-state index is 0.0809. The zero-order valence-corrected chi connectivity index (χ0v) is 33.7. The molecule has 0 aromatic heterocycles. The fourth-order valence-electron chi connectivity index (χ4n) is 6.19. The van der Waals surface area contributed by atoms with Crippen LogP contribution in [-0.2, 0) is 80.9 Å². The van der Waals surface area contributed by atoms with E-state index in [1.165, 1.54) is 12.1 Å². The summed E-state index contributed by atoms with van der Waals surface area (Å²) in [5, 5.41) is 12.7. The van der Waals surface area contributed by atoms with Crippen molar-refractivity contribution in [2.45, 2.75) is 110 Å². The van der Waals surface area contributed by atoms with E-state index < -0.39 is 122 Å². The first kappa shape index (κ1) is 46.1. The predicted molar refractivity (Wildman–Crippen MR) is 198 cm³/mol. The molecule has 22 heteroatoms. The van der Waals surface area contributed by atoms with Gasteiger partial charge in [-0.2, -0.15) is 0 Å². The summed E-state index contributed by atoms with van der Waals surface area (Å²) in [5.41, 5.74) is 0.673. The highest BCUT2D eigenvalue weighted by Crippen LogP contribution is 2.36. The maximum atomic E-state index is 12.7. The molecule has 0 saturated carbocycles. The summed E-state index contributed by atoms with van der Waals surface area (Å²) in [7, 11) is 0. The Labute approximate surface area is 341 Å². The van der Waals surface area contributed by atoms with Crippen LogP contribution in [0.2, 0.25) is 0 Å². The molecule has 0 radical (unpaired) electrons. The van der Waals surface area contributed by atoms with Crippen molar-refractivity contribution in [2.75, 3.05) is 19.8 Å². The van der Waals surface area contributed by atoms with Gasteiger partial charge in [-0.15, -0.1) is 0 Å². The van der Waals surface area contributed by atoms with Crippen LogP contribution in [0.1, 0.15) is 64.4 Å². The molecule has 2 saturated heterocycles. The molecule has 0 spiro atoms. The van der Waals surface area contributed by atoms with Crippen molar-refractivity contribution in [1.29, 1.82) is 0 Å². The van der Waals surface area contributed by atoms with Gasteiger partial charge in [-0.05, 0) is 23.8 Å². The van der Waals surface area contributed by atoms with Gasteiger partial charge in [0.2, 0.25) is 0 Å². The summed E-state index contributed by atoms with van der Waals surface area (Å²) in [6, 6.07) is 6.23. The average molecular weight is 853 g/mol. The van der Waals surface area contributed by atoms with Crippen LogP contribution in [-0.4, -0.2) is 139 Å². The van der Waals surface area contributed by atoms with Crippen molar-refractivity contribution < 1.29 is 90.8 Å². The number of benzene rings is 1. The van der Waals surface area contributed by atoms with Gasteiger partial charge in [0.25, 0.3) is 0 Å². The maximum Gasteiger partial charge on any atom is 0.335 e. The minimum Gasteiger partial charge on any atom is -0.478 e. The monoisotopic (exact) mass is 852 g/mol. The SMILES string of the molecule is CC(=O)OC[C@H]1O[C@@H](O[C@H]2[C@H](OC(C)=O)[C@@H](OC(C)=O)[C@H](NC3=NC/C(=C/c4cccc(C(=O)O)c4)S3)O[C@@H]2COC(C)=O)[C@H](OC(C)=O)[C@@H](OC(C)=O)[C@H]1OC(C)=O. The lowest BCUT2D eigenvalue weighted by Gasteiger charge is -2.49. The molecule has 0 unspecified atom stereocenters. The zero-order chi connectivity index (χ0) is 43.6. The molecule has 2 fully saturated rings. The molecule has 0 aliphatic carbocycles. The number of nitrogens with zero attached hydrogens (tertiary/aromatic N) is 1. The van der Waals surface area contributed by atoms with E-state index in [0.29, 0.717) is 10.5 Å². The van der Waals surface area contributed by atoms with Crippen LogP contribution in [0.4, 0.5) is 0 Å². The molecular formula is C37H44N2O19S. The summed E-state index contributed by atoms with van der Waals surface area (Å²) in [6.07, 6.45) is -14.0. The first-order chi connectivity index (χ1) is 27.8. The van der Waals surface area contributed by atoms with E-state index in [2.05, 4.69) is 10.3 Å². The van der Waals surface area contributed by atoms with Gasteiger partial charge in [0.15, 0.2) is 48.2 Å². The van der Waals surface area contributed by atoms with E-state index in [-0.39, 0.29) is 17.3 Å². The van der Waals surface area contributed by atoms with E-state index in [0.717, 1.165) is 60.2 Å². The van der Waals surface area contributed by atoms with Gasteiger partial charge in [-0.3, -0.25) is 38.6 Å². The number of hydrogen-bond acceptors (Lipinski definition) is 21. The van der Waals surface area contributed by atoms with Crippen LogP contribution < -0.4 is 5.32 Å². The second kappa shape index (κ2) is 20.9. The summed E-state index contributed by atoms with van der Waals surface area (Å²) in [4.78, 5) is 103. The number of carbonyl (C=O) groups is 8. The predicted octanol–water partition coefficient (Wildman–Crippen LogP) is 1.04. The summed E-state index contributed by atoms with van der Waals surface area (Å²) < 4.78 is 57.0. The number of ether oxygens (including phenoxy) is 10. The molecule has 3 aliphatic heterocycles. The third-order valence-electron chi connectivity index (χ3n) is 8.26. The van der Waals surface area contributed by atoms with Crippen molar-refractivity contribution in [1.82, 2.24) is 5.32 Å². The van der Waals surface area contributed by atoms with E-state index in [1.807, 2.05) is 0 Å². The highest BCUT2D eigenvalue weighted by Gasteiger charge is 2.57. The van der Waals surface area contributed by atoms with Gasteiger partial charge in [-0.25, -0.2) is 4.79 Å². The van der Waals surface area contributed by atoms with Crippen LogP contribution in [0.15, 0.2) is 34.2 Å². The molecule has 4 rings (SSSR count). The zero-order valence-electron chi connectivity index (χ0n) is 32.9. The summed E-state index contributed by atoms with van der Waals surface area (Å²) in [6.45, 7) is 6.44. The Balaban J connectivity index is 1.75. The number of carbonyl (C=O) groups excluding carboxylic acids is 7. The first-order valence-electron chi connectivity index (χ1n) is 17.9. The molecule has 59 heavy (non-hydrogen) atoms. The standard InChI is InChI=1S/C37H44N2O19S/c1-16(40)49-14-26-29(58-36-33(55-22(7)46)31(53-20(5)44)28(51-18(3)42)27(57-36)15-50-17(2)41)30(52-19(4)43)32(54-21(6)45)34(56-26)39-37-38-13-25(59-37)12-23-9-8-10-24(11-23)35(47)48/h8-12,26-34,36H,13-15H2,1-7H3,(H,38,39)(H,47,48)/b25-12-/t26-,27-,28+,29-,30+,31+,32-,33-,34-,36+/m1/s1. The number of carboxylic acid groups (broad SMARTS) is 1. The number of esters is 7. The summed E-state index contributed by atoms with van der Waals surface area (Å²) >= 11 is 1.15.